The number of nitrogens with one attached hydrogen (secondary N) is 2. The molecule has 13 heteroatoms. The van der Waals surface area contributed by atoms with Crippen molar-refractivity contribution in [1.82, 2.24) is 19.8 Å². The summed E-state index contributed by atoms with van der Waals surface area (Å²) in [5, 5.41) is 5.78. The van der Waals surface area contributed by atoms with Crippen molar-refractivity contribution in [2.75, 3.05) is 51.0 Å². The number of guanidine groups is 1. The van der Waals surface area contributed by atoms with E-state index in [4.69, 9.17) is 9.73 Å². The molecule has 42 heavy (non-hydrogen) atoms. The summed E-state index contributed by atoms with van der Waals surface area (Å²) in [5.41, 5.74) is 1.69. The van der Waals surface area contributed by atoms with Crippen LogP contribution < -0.4 is 15.4 Å². The van der Waals surface area contributed by atoms with Crippen LogP contribution in [0.5, 0.6) is 5.75 Å². The summed E-state index contributed by atoms with van der Waals surface area (Å²) in [6.45, 7) is 10.8. The van der Waals surface area contributed by atoms with Crippen LogP contribution in [0.2, 0.25) is 0 Å². The molecule has 0 radical (unpaired) electrons. The van der Waals surface area contributed by atoms with Gasteiger partial charge in [0.1, 0.15) is 17.8 Å². The number of alkyl halides is 3. The summed E-state index contributed by atoms with van der Waals surface area (Å²) in [4.78, 5) is 35.0. The Hall–Kier alpha value is -4.52. The maximum Gasteiger partial charge on any atom is 0.420 e. The highest BCUT2D eigenvalue weighted by molar-refractivity contribution is 6.05. The maximum absolute atomic E-state index is 13.4. The van der Waals surface area contributed by atoms with Gasteiger partial charge in [-0.2, -0.15) is 13.2 Å². The highest BCUT2D eigenvalue weighted by Gasteiger charge is 2.34. The predicted octanol–water partition coefficient (Wildman–Crippen LogP) is 5.44. The lowest BCUT2D eigenvalue weighted by atomic mass is 10.1. The zero-order chi connectivity index (χ0) is 30.4. The molecule has 222 valence electrons. The minimum atomic E-state index is -4.65. The minimum Gasteiger partial charge on any atom is -0.496 e. The van der Waals surface area contributed by atoms with Gasteiger partial charge in [-0.25, -0.2) is 20.0 Å². The minimum absolute atomic E-state index is 0.0181. The average Bonchev–Trinajstić information content (AvgIpc) is 3.17. The Morgan fingerprint density at radius 3 is 2.57 bits per heavy atom. The summed E-state index contributed by atoms with van der Waals surface area (Å²) in [6.07, 6.45) is -2.28. The number of benzene rings is 2. The number of likely N-dealkylation sites (N-methyl/N-ethyl adjacent to an activating group) is 1. The van der Waals surface area contributed by atoms with Crippen LogP contribution in [0.25, 0.3) is 0 Å². The first-order valence-electron chi connectivity index (χ1n) is 13.2. The van der Waals surface area contributed by atoms with Crippen molar-refractivity contribution >= 4 is 41.5 Å². The fourth-order valence-corrected chi connectivity index (χ4v) is 4.48. The normalized spacial score (nSPS) is 14.7. The van der Waals surface area contributed by atoms with E-state index in [2.05, 4.69) is 49.2 Å². The van der Waals surface area contributed by atoms with Crippen LogP contribution in [0.4, 0.5) is 36.1 Å². The summed E-state index contributed by atoms with van der Waals surface area (Å²) in [5.74, 6) is -0.0494. The van der Waals surface area contributed by atoms with Gasteiger partial charge < -0.3 is 25.2 Å². The number of nitrogens with zero attached hydrogens (tertiary/aromatic N) is 6. The van der Waals surface area contributed by atoms with Gasteiger partial charge in [-0.3, -0.25) is 4.79 Å². The van der Waals surface area contributed by atoms with Gasteiger partial charge in [0.25, 0.3) is 5.91 Å². The monoisotopic (exact) mass is 582 g/mol. The largest absolute Gasteiger partial charge is 0.496 e. The smallest absolute Gasteiger partial charge is 0.420 e. The maximum atomic E-state index is 13.4. The Bertz CT molecular complexity index is 1490. The number of halogens is 3. The third kappa shape index (κ3) is 7.21. The number of carbonyl (C=O) groups is 1. The van der Waals surface area contributed by atoms with E-state index in [0.717, 1.165) is 57.4 Å². The first-order chi connectivity index (χ1) is 20.0. The molecule has 2 aromatic carbocycles. The molecule has 0 unspecified atom stereocenters. The van der Waals surface area contributed by atoms with Crippen LogP contribution >= 0.6 is 0 Å². The molecule has 1 fully saturated rings. The Morgan fingerprint density at radius 2 is 1.86 bits per heavy atom. The van der Waals surface area contributed by atoms with Gasteiger partial charge in [-0.05, 0) is 76.5 Å². The lowest BCUT2D eigenvalue weighted by molar-refractivity contribution is -0.138. The Balaban J connectivity index is 1.60. The second-order valence-electron chi connectivity index (χ2n) is 9.89. The van der Waals surface area contributed by atoms with Gasteiger partial charge in [-0.1, -0.05) is 6.07 Å². The molecular weight excluding hydrogens is 549 g/mol. The van der Waals surface area contributed by atoms with Crippen molar-refractivity contribution < 1.29 is 22.7 Å². The van der Waals surface area contributed by atoms with E-state index >= 15 is 0 Å². The summed E-state index contributed by atoms with van der Waals surface area (Å²) < 4.78 is 45.2. The number of methoxy groups -OCH3 is 1. The molecule has 4 rings (SSSR count). The summed E-state index contributed by atoms with van der Waals surface area (Å²) >= 11 is 0. The fourth-order valence-electron chi connectivity index (χ4n) is 4.48. The van der Waals surface area contributed by atoms with Crippen molar-refractivity contribution in [3.8, 4) is 5.75 Å². The van der Waals surface area contributed by atoms with Crippen LogP contribution in [0.1, 0.15) is 33.6 Å². The molecule has 0 spiro atoms. The van der Waals surface area contributed by atoms with Crippen LogP contribution in [-0.2, 0) is 6.18 Å². The molecule has 3 aromatic rings. The third-order valence-electron chi connectivity index (χ3n) is 6.88. The van der Waals surface area contributed by atoms with Gasteiger partial charge in [0.05, 0.1) is 18.4 Å². The van der Waals surface area contributed by atoms with Crippen LogP contribution in [0.15, 0.2) is 52.7 Å². The van der Waals surface area contributed by atoms with Crippen LogP contribution in [0.3, 0.4) is 0 Å². The van der Waals surface area contributed by atoms with E-state index < -0.39 is 17.6 Å². The molecule has 0 bridgehead atoms. The lowest BCUT2D eigenvalue weighted by Crippen LogP contribution is -2.33. The molecule has 1 saturated heterocycles. The molecule has 1 aliphatic rings. The number of hydrogen-bond donors (Lipinski definition) is 2. The van der Waals surface area contributed by atoms with Gasteiger partial charge in [0.15, 0.2) is 5.82 Å². The first kappa shape index (κ1) is 30.4. The van der Waals surface area contributed by atoms with Gasteiger partial charge in [0, 0.05) is 36.6 Å². The van der Waals surface area contributed by atoms with Gasteiger partial charge in [0.2, 0.25) is 5.96 Å². The molecule has 1 aromatic heterocycles. The highest BCUT2D eigenvalue weighted by atomic mass is 19.4. The molecular formula is C29H33F3N8O2. The number of carbonyl (C=O) groups excluding carboxylic acids is 1. The number of aromatic nitrogens is 2. The van der Waals surface area contributed by atoms with Crippen molar-refractivity contribution in [3.05, 3.63) is 65.1 Å². The first-order valence-corrected chi connectivity index (χ1v) is 13.2. The van der Waals surface area contributed by atoms with E-state index in [9.17, 15) is 18.0 Å². The number of amides is 1. The number of anilines is 3. The summed E-state index contributed by atoms with van der Waals surface area (Å²) in [6, 6.07) is 8.27. The fraction of sp³-hybridized carbons (Fsp3) is 0.345. The molecule has 2 N–H and O–H groups in total. The number of rotatable bonds is 6. The number of aryl methyl sites for hydroxylation is 2. The lowest BCUT2D eigenvalue weighted by Gasteiger charge is -2.22. The standard InChI is InChI=1S/C29H33F3N8O2/c1-18-7-8-20(27(41)36-21-9-10-24(42-5)22(16-21)29(30,31)32)15-23(18)37-26-25(19(2)34-17-35-26)38-28(33-3)40-12-6-11-39(4)13-14-40/h7-10,15-17H,3,6,11-14H2,1-2,4-5H3,(H,36,41)(H,34,35,37)/b38-28+. The Labute approximate surface area is 242 Å². The van der Waals surface area contributed by atoms with Crippen molar-refractivity contribution in [3.63, 3.8) is 0 Å². The van der Waals surface area contributed by atoms with E-state index in [1.165, 1.54) is 12.4 Å². The average molecular weight is 583 g/mol. The highest BCUT2D eigenvalue weighted by Crippen LogP contribution is 2.38. The number of ether oxygens (including phenoxy) is 1. The number of hydrogen-bond acceptors (Lipinski definition) is 7. The van der Waals surface area contributed by atoms with Crippen molar-refractivity contribution in [2.45, 2.75) is 26.4 Å². The Morgan fingerprint density at radius 1 is 1.07 bits per heavy atom. The van der Waals surface area contributed by atoms with Crippen LogP contribution in [0, 0.1) is 13.8 Å². The second kappa shape index (κ2) is 13.0. The van der Waals surface area contributed by atoms with Gasteiger partial charge in [-0.15, -0.1) is 0 Å². The SMILES string of the molecule is C=N/C(=N\c1c(C)ncnc1Nc1cc(C(=O)Nc2ccc(OC)c(C(F)(F)F)c2)ccc1C)N1CCCN(C)CC1. The van der Waals surface area contributed by atoms with E-state index in [1.54, 1.807) is 18.2 Å². The number of aliphatic imine (C=N–C) groups is 2. The topological polar surface area (TPSA) is 107 Å². The molecule has 2 heterocycles. The van der Waals surface area contributed by atoms with E-state index in [-0.39, 0.29) is 17.0 Å². The zero-order valence-electron chi connectivity index (χ0n) is 23.9. The molecule has 1 amide bonds. The molecule has 10 nitrogen and oxygen atoms in total. The van der Waals surface area contributed by atoms with Crippen molar-refractivity contribution in [2.24, 2.45) is 9.98 Å². The van der Waals surface area contributed by atoms with Gasteiger partial charge >= 0.3 is 6.18 Å². The molecule has 0 saturated carbocycles. The second-order valence-corrected chi connectivity index (χ2v) is 9.89. The third-order valence-corrected chi connectivity index (χ3v) is 6.88. The van der Waals surface area contributed by atoms with E-state index in [0.29, 0.717) is 28.8 Å². The van der Waals surface area contributed by atoms with Crippen LogP contribution in [-0.4, -0.2) is 78.7 Å². The molecule has 0 atom stereocenters. The van der Waals surface area contributed by atoms with E-state index in [1.807, 2.05) is 13.8 Å². The van der Waals surface area contributed by atoms with Crippen molar-refractivity contribution in [1.29, 1.82) is 0 Å². The quantitative estimate of drug-likeness (QED) is 0.294. The summed E-state index contributed by atoms with van der Waals surface area (Å²) in [7, 11) is 3.23. The zero-order valence-corrected chi connectivity index (χ0v) is 23.9. The molecule has 0 aliphatic carbocycles. The Kier molecular flexibility index (Phi) is 9.41. The predicted molar refractivity (Wildman–Crippen MR) is 158 cm³/mol. The molecule has 1 aliphatic heterocycles.